The predicted molar refractivity (Wildman–Crippen MR) is 53.1 cm³/mol. The molecule has 0 atom stereocenters. The number of carbonyl (C=O) groups excluding carboxylic acids is 1. The molecule has 0 unspecified atom stereocenters. The van der Waals surface area contributed by atoms with E-state index in [9.17, 15) is 4.79 Å². The molecule has 0 fully saturated rings. The Morgan fingerprint density at radius 2 is 2.07 bits per heavy atom. The molecule has 14 heavy (non-hydrogen) atoms. The fourth-order valence-electron chi connectivity index (χ4n) is 0.905. The van der Waals surface area contributed by atoms with Crippen LogP contribution in [-0.4, -0.2) is 24.4 Å². The topological polar surface area (TPSA) is 58.6 Å². The van der Waals surface area contributed by atoms with E-state index in [-0.39, 0.29) is 13.2 Å². The van der Waals surface area contributed by atoms with Crippen molar-refractivity contribution in [2.24, 2.45) is 0 Å². The highest BCUT2D eigenvalue weighted by atomic mass is 16.5. The highest BCUT2D eigenvalue weighted by molar-refractivity contribution is 5.84. The summed E-state index contributed by atoms with van der Waals surface area (Å²) in [6.45, 7) is 0.258. The van der Waals surface area contributed by atoms with Crippen molar-refractivity contribution in [2.45, 2.75) is 6.42 Å². The van der Waals surface area contributed by atoms with Crippen LogP contribution in [0.15, 0.2) is 30.3 Å². The molecule has 1 aromatic carbocycles. The number of hydrogen-bond donors (Lipinski definition) is 2. The molecule has 0 radical (unpaired) electrons. The zero-order valence-corrected chi connectivity index (χ0v) is 7.77. The average molecular weight is 195 g/mol. The summed E-state index contributed by atoms with van der Waals surface area (Å²) < 4.78 is 4.78. The van der Waals surface area contributed by atoms with Crippen molar-refractivity contribution >= 4 is 11.8 Å². The second kappa shape index (κ2) is 5.99. The summed E-state index contributed by atoms with van der Waals surface area (Å²) in [5, 5.41) is 11.0. The van der Waals surface area contributed by atoms with Crippen molar-refractivity contribution in [3.8, 4) is 0 Å². The smallest absolute Gasteiger partial charge is 0.411 e. The minimum absolute atomic E-state index is 0.0264. The molecule has 4 heteroatoms. The molecule has 0 saturated carbocycles. The van der Waals surface area contributed by atoms with Crippen molar-refractivity contribution < 1.29 is 14.6 Å². The number of rotatable bonds is 4. The summed E-state index contributed by atoms with van der Waals surface area (Å²) in [6.07, 6.45) is -0.0352. The maximum atomic E-state index is 11.1. The van der Waals surface area contributed by atoms with Crippen LogP contribution in [0.1, 0.15) is 6.42 Å². The number of aliphatic hydroxyl groups excluding tert-OH is 1. The second-order valence-electron chi connectivity index (χ2n) is 2.70. The minimum atomic E-state index is -0.496. The molecule has 76 valence electrons. The van der Waals surface area contributed by atoms with Crippen LogP contribution in [0, 0.1) is 0 Å². The van der Waals surface area contributed by atoms with Crippen LogP contribution >= 0.6 is 0 Å². The number of para-hydroxylation sites is 1. The first-order valence-electron chi connectivity index (χ1n) is 4.42. The molecule has 0 heterocycles. The lowest BCUT2D eigenvalue weighted by Crippen LogP contribution is -2.14. The molecule has 0 aromatic heterocycles. The third-order valence-electron chi connectivity index (χ3n) is 1.56. The van der Waals surface area contributed by atoms with Crippen molar-refractivity contribution in [3.05, 3.63) is 30.3 Å². The van der Waals surface area contributed by atoms with Gasteiger partial charge >= 0.3 is 6.09 Å². The summed E-state index contributed by atoms with van der Waals surface area (Å²) in [7, 11) is 0. The second-order valence-corrected chi connectivity index (χ2v) is 2.70. The average Bonchev–Trinajstić information content (AvgIpc) is 2.20. The summed E-state index contributed by atoms with van der Waals surface area (Å²) in [5.74, 6) is 0. The van der Waals surface area contributed by atoms with Gasteiger partial charge in [-0.25, -0.2) is 4.79 Å². The van der Waals surface area contributed by atoms with Crippen molar-refractivity contribution in [2.75, 3.05) is 18.5 Å². The highest BCUT2D eigenvalue weighted by Crippen LogP contribution is 2.05. The summed E-state index contributed by atoms with van der Waals surface area (Å²) in [4.78, 5) is 11.1. The number of amides is 1. The van der Waals surface area contributed by atoms with Gasteiger partial charge in [0.25, 0.3) is 0 Å². The van der Waals surface area contributed by atoms with Gasteiger partial charge in [0.15, 0.2) is 0 Å². The Morgan fingerprint density at radius 3 is 2.71 bits per heavy atom. The van der Waals surface area contributed by atoms with E-state index >= 15 is 0 Å². The first-order chi connectivity index (χ1) is 6.83. The lowest BCUT2D eigenvalue weighted by Gasteiger charge is -2.05. The number of benzene rings is 1. The number of nitrogens with one attached hydrogen (secondary N) is 1. The Hall–Kier alpha value is -1.55. The van der Waals surface area contributed by atoms with Gasteiger partial charge in [-0.1, -0.05) is 18.2 Å². The van der Waals surface area contributed by atoms with Gasteiger partial charge in [0.1, 0.15) is 0 Å². The van der Waals surface area contributed by atoms with Crippen LogP contribution in [0.5, 0.6) is 0 Å². The quantitative estimate of drug-likeness (QED) is 0.718. The molecular formula is C10H13NO3. The lowest BCUT2D eigenvalue weighted by atomic mass is 10.3. The first-order valence-corrected chi connectivity index (χ1v) is 4.42. The zero-order chi connectivity index (χ0) is 10.2. The zero-order valence-electron chi connectivity index (χ0n) is 7.77. The van der Waals surface area contributed by atoms with Crippen LogP contribution in [0.3, 0.4) is 0 Å². The van der Waals surface area contributed by atoms with Crippen molar-refractivity contribution in [3.63, 3.8) is 0 Å². The Morgan fingerprint density at radius 1 is 1.36 bits per heavy atom. The summed E-state index contributed by atoms with van der Waals surface area (Å²) in [5.41, 5.74) is 0.696. The van der Waals surface area contributed by atoms with Crippen LogP contribution in [0.4, 0.5) is 10.5 Å². The van der Waals surface area contributed by atoms with Crippen LogP contribution in [0.2, 0.25) is 0 Å². The first kappa shape index (κ1) is 10.5. The van der Waals surface area contributed by atoms with E-state index in [0.29, 0.717) is 12.1 Å². The molecule has 0 aliphatic heterocycles. The standard InChI is InChI=1S/C10H13NO3/c12-7-4-8-14-10(13)11-9-5-2-1-3-6-9/h1-3,5-6,12H,4,7-8H2,(H,11,13). The number of carbonyl (C=O) groups is 1. The van der Waals surface area contributed by atoms with E-state index in [4.69, 9.17) is 9.84 Å². The van der Waals surface area contributed by atoms with E-state index in [0.717, 1.165) is 0 Å². The molecule has 0 spiro atoms. The van der Waals surface area contributed by atoms with E-state index < -0.39 is 6.09 Å². The van der Waals surface area contributed by atoms with Crippen molar-refractivity contribution in [1.82, 2.24) is 0 Å². The van der Waals surface area contributed by atoms with Gasteiger partial charge in [0, 0.05) is 18.7 Å². The van der Waals surface area contributed by atoms with E-state index in [1.807, 2.05) is 18.2 Å². The molecule has 1 amide bonds. The monoisotopic (exact) mass is 195 g/mol. The molecule has 0 saturated heterocycles. The maximum absolute atomic E-state index is 11.1. The van der Waals surface area contributed by atoms with Crippen LogP contribution in [0.25, 0.3) is 0 Å². The minimum Gasteiger partial charge on any atom is -0.449 e. The molecule has 2 N–H and O–H groups in total. The van der Waals surface area contributed by atoms with Gasteiger partial charge < -0.3 is 9.84 Å². The normalized spacial score (nSPS) is 9.50. The highest BCUT2D eigenvalue weighted by Gasteiger charge is 2.00. The SMILES string of the molecule is O=C(Nc1ccccc1)OCCCO. The molecule has 0 bridgehead atoms. The van der Waals surface area contributed by atoms with Gasteiger partial charge in [-0.2, -0.15) is 0 Å². The lowest BCUT2D eigenvalue weighted by molar-refractivity contribution is 0.149. The summed E-state index contributed by atoms with van der Waals surface area (Å²) >= 11 is 0. The third kappa shape index (κ3) is 3.91. The predicted octanol–water partition coefficient (Wildman–Crippen LogP) is 1.62. The van der Waals surface area contributed by atoms with E-state index in [1.54, 1.807) is 12.1 Å². The van der Waals surface area contributed by atoms with Gasteiger partial charge in [-0.15, -0.1) is 0 Å². The molecule has 1 aromatic rings. The Bertz CT molecular complexity index is 274. The number of ether oxygens (including phenoxy) is 1. The van der Waals surface area contributed by atoms with Crippen LogP contribution in [-0.2, 0) is 4.74 Å². The Labute approximate surface area is 82.5 Å². The maximum Gasteiger partial charge on any atom is 0.411 e. The van der Waals surface area contributed by atoms with E-state index in [2.05, 4.69) is 5.32 Å². The van der Waals surface area contributed by atoms with Gasteiger partial charge in [-0.05, 0) is 12.1 Å². The molecule has 4 nitrogen and oxygen atoms in total. The largest absolute Gasteiger partial charge is 0.449 e. The fraction of sp³-hybridized carbons (Fsp3) is 0.300. The van der Waals surface area contributed by atoms with E-state index in [1.165, 1.54) is 0 Å². The molecular weight excluding hydrogens is 182 g/mol. The number of aliphatic hydroxyl groups is 1. The Balaban J connectivity index is 2.27. The summed E-state index contributed by atoms with van der Waals surface area (Å²) in [6, 6.07) is 9.05. The van der Waals surface area contributed by atoms with Crippen LogP contribution < -0.4 is 5.32 Å². The Kier molecular flexibility index (Phi) is 4.50. The number of hydrogen-bond acceptors (Lipinski definition) is 3. The molecule has 1 rings (SSSR count). The fourth-order valence-corrected chi connectivity index (χ4v) is 0.905. The van der Waals surface area contributed by atoms with Gasteiger partial charge in [-0.3, -0.25) is 5.32 Å². The van der Waals surface area contributed by atoms with Crippen molar-refractivity contribution in [1.29, 1.82) is 0 Å². The third-order valence-corrected chi connectivity index (χ3v) is 1.56. The van der Waals surface area contributed by atoms with Gasteiger partial charge in [0.05, 0.1) is 6.61 Å². The number of anilines is 1. The molecule has 0 aliphatic carbocycles. The molecule has 0 aliphatic rings. The van der Waals surface area contributed by atoms with Gasteiger partial charge in [0.2, 0.25) is 0 Å².